The minimum absolute atomic E-state index is 0.266. The fourth-order valence-electron chi connectivity index (χ4n) is 3.25. The van der Waals surface area contributed by atoms with Gasteiger partial charge in [-0.1, -0.05) is 12.2 Å². The number of carbonyl (C=O) groups is 3. The van der Waals surface area contributed by atoms with Crippen LogP contribution in [0.1, 0.15) is 12.8 Å². The quantitative estimate of drug-likeness (QED) is 0.648. The van der Waals surface area contributed by atoms with Crippen LogP contribution in [0.2, 0.25) is 0 Å². The van der Waals surface area contributed by atoms with Crippen LogP contribution in [0.5, 0.6) is 11.5 Å². The van der Waals surface area contributed by atoms with Crippen LogP contribution in [-0.4, -0.2) is 43.4 Å². The molecule has 0 unspecified atom stereocenters. The van der Waals surface area contributed by atoms with Crippen molar-refractivity contribution in [3.05, 3.63) is 30.4 Å². The van der Waals surface area contributed by atoms with Crippen molar-refractivity contribution in [1.82, 2.24) is 4.90 Å². The summed E-state index contributed by atoms with van der Waals surface area (Å²) >= 11 is 0. The van der Waals surface area contributed by atoms with E-state index in [9.17, 15) is 14.4 Å². The molecule has 0 saturated carbocycles. The van der Waals surface area contributed by atoms with Gasteiger partial charge in [0.1, 0.15) is 18.0 Å². The number of amides is 3. The molecular formula is C18H20N2O5. The highest BCUT2D eigenvalue weighted by molar-refractivity contribution is 6.08. The number of allylic oxidation sites excluding steroid dienone is 2. The summed E-state index contributed by atoms with van der Waals surface area (Å²) in [5, 5.41) is 2.68. The van der Waals surface area contributed by atoms with E-state index in [2.05, 4.69) is 5.32 Å². The first-order valence-electron chi connectivity index (χ1n) is 8.06. The predicted octanol–water partition coefficient (Wildman–Crippen LogP) is 1.59. The Hall–Kier alpha value is -2.83. The molecule has 0 radical (unpaired) electrons. The second-order valence-corrected chi connectivity index (χ2v) is 6.07. The highest BCUT2D eigenvalue weighted by Gasteiger charge is 2.47. The molecule has 0 aromatic heterocycles. The Bertz CT molecular complexity index is 695. The molecule has 1 aromatic carbocycles. The van der Waals surface area contributed by atoms with Crippen LogP contribution < -0.4 is 14.8 Å². The standard InChI is InChI=1S/C18H20N2O5/c1-24-12-7-11(8-13(9-12)25-2)19-16(21)10-20-17(22)14-5-3-4-6-15(14)18(20)23/h3-4,7-9,14-15H,5-6,10H2,1-2H3,(H,19,21)/t14-,15+. The van der Waals surface area contributed by atoms with Crippen molar-refractivity contribution in [3.63, 3.8) is 0 Å². The summed E-state index contributed by atoms with van der Waals surface area (Å²) in [6.45, 7) is -0.288. The predicted molar refractivity (Wildman–Crippen MR) is 90.2 cm³/mol. The number of methoxy groups -OCH3 is 2. The largest absolute Gasteiger partial charge is 0.497 e. The van der Waals surface area contributed by atoms with Gasteiger partial charge in [0.05, 0.1) is 26.1 Å². The van der Waals surface area contributed by atoms with E-state index >= 15 is 0 Å². The average Bonchev–Trinajstić information content (AvgIpc) is 2.86. The number of hydrogen-bond donors (Lipinski definition) is 1. The Morgan fingerprint density at radius 3 is 2.04 bits per heavy atom. The Morgan fingerprint density at radius 2 is 1.56 bits per heavy atom. The van der Waals surface area contributed by atoms with Gasteiger partial charge < -0.3 is 14.8 Å². The number of rotatable bonds is 5. The van der Waals surface area contributed by atoms with Crippen LogP contribution in [-0.2, 0) is 14.4 Å². The first kappa shape index (κ1) is 17.0. The molecule has 2 aliphatic rings. The molecule has 1 aliphatic heterocycles. The number of nitrogens with one attached hydrogen (secondary N) is 1. The Morgan fingerprint density at radius 1 is 1.04 bits per heavy atom. The summed E-state index contributed by atoms with van der Waals surface area (Å²) in [5.74, 6) is -0.580. The zero-order chi connectivity index (χ0) is 18.0. The van der Waals surface area contributed by atoms with Crippen LogP contribution in [0.15, 0.2) is 30.4 Å². The fraction of sp³-hybridized carbons (Fsp3) is 0.389. The lowest BCUT2D eigenvalue weighted by molar-refractivity contribution is -0.142. The number of likely N-dealkylation sites (tertiary alicyclic amines) is 1. The zero-order valence-electron chi connectivity index (χ0n) is 14.2. The van der Waals surface area contributed by atoms with Crippen LogP contribution in [0.4, 0.5) is 5.69 Å². The molecule has 3 amide bonds. The summed E-state index contributed by atoms with van der Waals surface area (Å²) < 4.78 is 10.3. The third-order valence-corrected chi connectivity index (χ3v) is 4.54. The molecule has 1 N–H and O–H groups in total. The summed E-state index contributed by atoms with van der Waals surface area (Å²) in [7, 11) is 3.02. The number of ether oxygens (including phenoxy) is 2. The first-order valence-corrected chi connectivity index (χ1v) is 8.06. The van der Waals surface area contributed by atoms with E-state index in [4.69, 9.17) is 9.47 Å². The maximum absolute atomic E-state index is 12.4. The third-order valence-electron chi connectivity index (χ3n) is 4.54. The molecular weight excluding hydrogens is 324 g/mol. The van der Waals surface area contributed by atoms with Crippen LogP contribution in [0.3, 0.4) is 0 Å². The van der Waals surface area contributed by atoms with Crippen molar-refractivity contribution in [2.45, 2.75) is 12.8 Å². The first-order chi connectivity index (χ1) is 12.0. The van der Waals surface area contributed by atoms with Crippen molar-refractivity contribution in [2.24, 2.45) is 11.8 Å². The van der Waals surface area contributed by atoms with E-state index in [0.717, 1.165) is 4.90 Å². The minimum Gasteiger partial charge on any atom is -0.497 e. The summed E-state index contributed by atoms with van der Waals surface area (Å²) in [6, 6.07) is 4.95. The van der Waals surface area contributed by atoms with Crippen LogP contribution in [0, 0.1) is 11.8 Å². The molecule has 7 nitrogen and oxygen atoms in total. The van der Waals surface area contributed by atoms with Gasteiger partial charge >= 0.3 is 0 Å². The van der Waals surface area contributed by atoms with Gasteiger partial charge in [0.2, 0.25) is 17.7 Å². The van der Waals surface area contributed by atoms with E-state index in [-0.39, 0.29) is 30.2 Å². The van der Waals surface area contributed by atoms with Crippen molar-refractivity contribution in [2.75, 3.05) is 26.1 Å². The number of nitrogens with zero attached hydrogens (tertiary/aromatic N) is 1. The summed E-state index contributed by atoms with van der Waals surface area (Å²) in [5.41, 5.74) is 0.472. The molecule has 25 heavy (non-hydrogen) atoms. The molecule has 1 saturated heterocycles. The molecule has 3 rings (SSSR count). The number of imide groups is 1. The van der Waals surface area contributed by atoms with Gasteiger partial charge in [0.25, 0.3) is 0 Å². The van der Waals surface area contributed by atoms with E-state index in [1.807, 2.05) is 12.2 Å². The van der Waals surface area contributed by atoms with Gasteiger partial charge in [-0.25, -0.2) is 0 Å². The second kappa shape index (κ2) is 6.96. The summed E-state index contributed by atoms with van der Waals surface area (Å²) in [4.78, 5) is 38.2. The number of fused-ring (bicyclic) bond motifs is 1. The van der Waals surface area contributed by atoms with E-state index < -0.39 is 5.91 Å². The number of anilines is 1. The maximum Gasteiger partial charge on any atom is 0.244 e. The third kappa shape index (κ3) is 3.35. The SMILES string of the molecule is COc1cc(NC(=O)CN2C(=O)[C@H]3CC=CC[C@H]3C2=O)cc(OC)c1. The van der Waals surface area contributed by atoms with Crippen LogP contribution in [0.25, 0.3) is 0 Å². The Balaban J connectivity index is 1.69. The van der Waals surface area contributed by atoms with Crippen molar-refractivity contribution < 1.29 is 23.9 Å². The monoisotopic (exact) mass is 344 g/mol. The van der Waals surface area contributed by atoms with Crippen LogP contribution >= 0.6 is 0 Å². The van der Waals surface area contributed by atoms with Crippen molar-refractivity contribution in [3.8, 4) is 11.5 Å². The second-order valence-electron chi connectivity index (χ2n) is 6.07. The lowest BCUT2D eigenvalue weighted by Crippen LogP contribution is -2.38. The molecule has 0 spiro atoms. The van der Waals surface area contributed by atoms with Gasteiger partial charge in [0.15, 0.2) is 0 Å². The topological polar surface area (TPSA) is 84.9 Å². The van der Waals surface area contributed by atoms with Gasteiger partial charge in [-0.3, -0.25) is 19.3 Å². The van der Waals surface area contributed by atoms with Gasteiger partial charge in [0, 0.05) is 23.9 Å². The highest BCUT2D eigenvalue weighted by atomic mass is 16.5. The molecule has 7 heteroatoms. The molecule has 1 aliphatic carbocycles. The smallest absolute Gasteiger partial charge is 0.244 e. The van der Waals surface area contributed by atoms with Crippen molar-refractivity contribution >= 4 is 23.4 Å². The normalized spacial score (nSPS) is 21.9. The van der Waals surface area contributed by atoms with Gasteiger partial charge in [-0.15, -0.1) is 0 Å². The Labute approximate surface area is 145 Å². The minimum atomic E-state index is -0.441. The van der Waals surface area contributed by atoms with Gasteiger partial charge in [-0.2, -0.15) is 0 Å². The van der Waals surface area contributed by atoms with Crippen molar-refractivity contribution in [1.29, 1.82) is 0 Å². The fourth-order valence-corrected chi connectivity index (χ4v) is 3.25. The lowest BCUT2D eigenvalue weighted by Gasteiger charge is -2.15. The number of hydrogen-bond acceptors (Lipinski definition) is 5. The Kier molecular flexibility index (Phi) is 4.74. The lowest BCUT2D eigenvalue weighted by atomic mass is 9.85. The molecule has 132 valence electrons. The average molecular weight is 344 g/mol. The highest BCUT2D eigenvalue weighted by Crippen LogP contribution is 2.35. The van der Waals surface area contributed by atoms with E-state index in [1.165, 1.54) is 14.2 Å². The zero-order valence-corrected chi connectivity index (χ0v) is 14.2. The summed E-state index contributed by atoms with van der Waals surface area (Å²) in [6.07, 6.45) is 4.94. The molecule has 1 heterocycles. The van der Waals surface area contributed by atoms with E-state index in [0.29, 0.717) is 30.0 Å². The molecule has 1 aromatic rings. The van der Waals surface area contributed by atoms with E-state index in [1.54, 1.807) is 18.2 Å². The molecule has 0 bridgehead atoms. The number of carbonyl (C=O) groups excluding carboxylic acids is 3. The van der Waals surface area contributed by atoms with Gasteiger partial charge in [-0.05, 0) is 12.8 Å². The molecule has 2 atom stereocenters. The molecule has 1 fully saturated rings. The maximum atomic E-state index is 12.4. The number of benzene rings is 1.